The van der Waals surface area contributed by atoms with E-state index >= 15 is 0 Å². The molecule has 7 aromatic carbocycles. The van der Waals surface area contributed by atoms with Crippen LogP contribution in [0.5, 0.6) is 0 Å². The van der Waals surface area contributed by atoms with Crippen LogP contribution in [0.4, 0.5) is 0 Å². The lowest BCUT2D eigenvalue weighted by atomic mass is 9.99. The molecular weight excluding hydrogens is 585 g/mol. The van der Waals surface area contributed by atoms with Gasteiger partial charge in [0.15, 0.2) is 0 Å². The molecule has 3 nitrogen and oxygen atoms in total. The average molecular weight is 611 g/mol. The first kappa shape index (κ1) is 25.7. The highest BCUT2D eigenvalue weighted by Gasteiger charge is 2.23. The minimum Gasteiger partial charge on any atom is -0.456 e. The molecule has 0 saturated carbocycles. The molecule has 0 N–H and O–H groups in total. The predicted molar refractivity (Wildman–Crippen MR) is 199 cm³/mol. The van der Waals surface area contributed by atoms with E-state index in [1.807, 2.05) is 0 Å². The molecule has 222 valence electrons. The summed E-state index contributed by atoms with van der Waals surface area (Å²) in [6, 6.07) is 56.5. The summed E-state index contributed by atoms with van der Waals surface area (Å²) in [7, 11) is 0. The monoisotopic (exact) mass is 610 g/mol. The van der Waals surface area contributed by atoms with Gasteiger partial charge in [-0.15, -0.1) is 0 Å². The second-order valence-corrected chi connectivity index (χ2v) is 12.7. The van der Waals surface area contributed by atoms with Gasteiger partial charge in [-0.05, 0) is 94.4 Å². The van der Waals surface area contributed by atoms with E-state index in [9.17, 15) is 0 Å². The van der Waals surface area contributed by atoms with Crippen molar-refractivity contribution in [2.24, 2.45) is 0 Å². The summed E-state index contributed by atoms with van der Waals surface area (Å²) in [6.07, 6.45) is 0. The van der Waals surface area contributed by atoms with Crippen molar-refractivity contribution in [3.8, 4) is 50.5 Å². The Bertz CT molecular complexity index is 2950. The van der Waals surface area contributed by atoms with Gasteiger partial charge in [-0.2, -0.15) is 0 Å². The summed E-state index contributed by atoms with van der Waals surface area (Å²) in [4.78, 5) is 5.26. The van der Waals surface area contributed by atoms with E-state index in [0.717, 1.165) is 50.1 Å². The van der Waals surface area contributed by atoms with Crippen LogP contribution in [0.1, 0.15) is 0 Å². The van der Waals surface area contributed by atoms with Crippen molar-refractivity contribution in [2.75, 3.05) is 0 Å². The summed E-state index contributed by atoms with van der Waals surface area (Å²) in [6.45, 7) is 0. The van der Waals surface area contributed by atoms with Crippen LogP contribution in [-0.4, -0.2) is 9.55 Å². The predicted octanol–water partition coefficient (Wildman–Crippen LogP) is 12.2. The summed E-state index contributed by atoms with van der Waals surface area (Å²) in [5.74, 6) is 0. The second kappa shape index (κ2) is 9.54. The van der Waals surface area contributed by atoms with E-state index in [4.69, 9.17) is 9.40 Å². The average Bonchev–Trinajstić information content (AvgIpc) is 3.80. The molecule has 1 aliphatic rings. The quantitative estimate of drug-likeness (QED) is 0.199. The van der Waals surface area contributed by atoms with Gasteiger partial charge in [0.25, 0.3) is 0 Å². The first-order valence-corrected chi connectivity index (χ1v) is 16.4. The Kier molecular flexibility index (Phi) is 5.11. The van der Waals surface area contributed by atoms with Crippen molar-refractivity contribution in [2.45, 2.75) is 0 Å². The number of rotatable bonds is 3. The number of nitrogens with zero attached hydrogens (tertiary/aromatic N) is 2. The van der Waals surface area contributed by atoms with Crippen molar-refractivity contribution in [3.05, 3.63) is 158 Å². The highest BCUT2D eigenvalue weighted by Crippen LogP contribution is 2.47. The van der Waals surface area contributed by atoms with Gasteiger partial charge in [-0.1, -0.05) is 91.0 Å². The van der Waals surface area contributed by atoms with Crippen LogP contribution in [0.2, 0.25) is 0 Å². The first-order valence-electron chi connectivity index (χ1n) is 16.4. The fourth-order valence-electron chi connectivity index (χ4n) is 7.93. The van der Waals surface area contributed by atoms with E-state index in [1.54, 1.807) is 0 Å². The normalized spacial score (nSPS) is 12.2. The minimum absolute atomic E-state index is 0.880. The Balaban J connectivity index is 1.07. The van der Waals surface area contributed by atoms with E-state index in [-0.39, 0.29) is 0 Å². The molecule has 1 aliphatic carbocycles. The van der Waals surface area contributed by atoms with Crippen LogP contribution in [0.15, 0.2) is 162 Å². The number of furan rings is 1. The van der Waals surface area contributed by atoms with Crippen LogP contribution in [0, 0.1) is 0 Å². The maximum atomic E-state index is 6.36. The fourth-order valence-corrected chi connectivity index (χ4v) is 7.93. The third kappa shape index (κ3) is 3.56. The minimum atomic E-state index is 0.880. The summed E-state index contributed by atoms with van der Waals surface area (Å²) in [5, 5.41) is 7.15. The van der Waals surface area contributed by atoms with Gasteiger partial charge in [0.1, 0.15) is 11.2 Å². The van der Waals surface area contributed by atoms with E-state index < -0.39 is 0 Å². The molecule has 3 heteroatoms. The van der Waals surface area contributed by atoms with Crippen molar-refractivity contribution in [1.82, 2.24) is 9.55 Å². The van der Waals surface area contributed by atoms with Crippen LogP contribution in [-0.2, 0) is 0 Å². The third-order valence-corrected chi connectivity index (χ3v) is 10.1. The van der Waals surface area contributed by atoms with Gasteiger partial charge in [-0.3, -0.25) is 0 Å². The zero-order valence-electron chi connectivity index (χ0n) is 25.8. The molecule has 3 heterocycles. The lowest BCUT2D eigenvalue weighted by Gasteiger charge is -2.08. The largest absolute Gasteiger partial charge is 0.456 e. The number of para-hydroxylation sites is 2. The van der Waals surface area contributed by atoms with Crippen LogP contribution in [0.25, 0.3) is 105 Å². The van der Waals surface area contributed by atoms with Crippen LogP contribution >= 0.6 is 0 Å². The molecule has 0 saturated heterocycles. The van der Waals surface area contributed by atoms with Gasteiger partial charge < -0.3 is 8.98 Å². The molecule has 10 aromatic rings. The molecule has 0 aliphatic heterocycles. The molecule has 0 bridgehead atoms. The van der Waals surface area contributed by atoms with Crippen molar-refractivity contribution >= 4 is 54.5 Å². The molecule has 0 atom stereocenters. The Hall–Kier alpha value is -6.45. The topological polar surface area (TPSA) is 31.0 Å². The molecule has 0 unspecified atom stereocenters. The Morgan fingerprint density at radius 1 is 0.438 bits per heavy atom. The maximum absolute atomic E-state index is 6.36. The molecule has 11 rings (SSSR count). The number of aromatic nitrogens is 2. The van der Waals surface area contributed by atoms with Crippen molar-refractivity contribution < 1.29 is 4.42 Å². The van der Waals surface area contributed by atoms with Gasteiger partial charge in [0.2, 0.25) is 0 Å². The number of pyridine rings is 1. The SMILES string of the molecule is c1ccc(-n2c3ccccc3c3cc(-c4ccc5oc6ccc(-c7cc8cccc9c8c(n7)-c7ccccc7-9)cc6c5c4)ccc32)cc1. The lowest BCUT2D eigenvalue weighted by Crippen LogP contribution is -1.92. The lowest BCUT2D eigenvalue weighted by molar-refractivity contribution is 0.669. The van der Waals surface area contributed by atoms with Gasteiger partial charge >= 0.3 is 0 Å². The van der Waals surface area contributed by atoms with Gasteiger partial charge in [0.05, 0.1) is 22.4 Å². The van der Waals surface area contributed by atoms with Gasteiger partial charge in [-0.25, -0.2) is 4.98 Å². The molecule has 0 amide bonds. The first-order chi connectivity index (χ1) is 23.8. The summed E-state index contributed by atoms with van der Waals surface area (Å²) in [5.41, 5.74) is 14.5. The zero-order valence-corrected chi connectivity index (χ0v) is 25.8. The van der Waals surface area contributed by atoms with Crippen molar-refractivity contribution in [1.29, 1.82) is 0 Å². The highest BCUT2D eigenvalue weighted by molar-refractivity contribution is 6.15. The number of hydrogen-bond donors (Lipinski definition) is 0. The van der Waals surface area contributed by atoms with Gasteiger partial charge in [0, 0.05) is 43.7 Å². The molecule has 0 radical (unpaired) electrons. The molecule has 3 aromatic heterocycles. The van der Waals surface area contributed by atoms with E-state index in [2.05, 4.69) is 162 Å². The second-order valence-electron chi connectivity index (χ2n) is 12.7. The van der Waals surface area contributed by atoms with E-state index in [0.29, 0.717) is 0 Å². The van der Waals surface area contributed by atoms with E-state index in [1.165, 1.54) is 54.8 Å². The number of benzene rings is 7. The molecular formula is C45H26N2O. The zero-order chi connectivity index (χ0) is 31.3. The van der Waals surface area contributed by atoms with Crippen molar-refractivity contribution in [3.63, 3.8) is 0 Å². The summed E-state index contributed by atoms with van der Waals surface area (Å²) < 4.78 is 8.72. The Labute approximate surface area is 275 Å². The highest BCUT2D eigenvalue weighted by atomic mass is 16.3. The third-order valence-electron chi connectivity index (χ3n) is 10.1. The number of fused-ring (bicyclic) bond motifs is 9. The molecule has 0 spiro atoms. The molecule has 0 fully saturated rings. The van der Waals surface area contributed by atoms with Crippen LogP contribution < -0.4 is 0 Å². The summed E-state index contributed by atoms with van der Waals surface area (Å²) >= 11 is 0. The Morgan fingerprint density at radius 3 is 1.94 bits per heavy atom. The smallest absolute Gasteiger partial charge is 0.135 e. The maximum Gasteiger partial charge on any atom is 0.135 e. The molecule has 48 heavy (non-hydrogen) atoms. The Morgan fingerprint density at radius 2 is 1.08 bits per heavy atom. The van der Waals surface area contributed by atoms with Crippen LogP contribution in [0.3, 0.4) is 0 Å². The number of hydrogen-bond acceptors (Lipinski definition) is 2. The fraction of sp³-hybridized carbons (Fsp3) is 0. The standard InChI is InChI=1S/C45H26N2O/c1-2-10-31(11-3-1)47-40-16-7-6-13-33(40)36-23-27(17-20-41(36)47)28-18-21-42-37(24-28)38-25-29(19-22-43(38)48-42)39-26-30-9-8-15-34-32-12-4-5-14-35(32)45(46-39)44(30)34/h1-26H.